The zero-order valence-electron chi connectivity index (χ0n) is 20.8. The summed E-state index contributed by atoms with van der Waals surface area (Å²) in [6, 6.07) is 14.8. The van der Waals surface area contributed by atoms with Gasteiger partial charge in [0.15, 0.2) is 0 Å². The number of aromatic nitrogens is 1. The average molecular weight is 418 g/mol. The lowest BCUT2D eigenvalue weighted by Crippen LogP contribution is -2.28. The van der Waals surface area contributed by atoms with Gasteiger partial charge in [0.1, 0.15) is 0 Å². The molecule has 1 heterocycles. The molecule has 1 atom stereocenters. The van der Waals surface area contributed by atoms with E-state index < -0.39 is 0 Å². The third-order valence-corrected chi connectivity index (χ3v) is 5.65. The molecular formula is C30H43N. The van der Waals surface area contributed by atoms with Crippen LogP contribution < -0.4 is 10.7 Å². The van der Waals surface area contributed by atoms with Gasteiger partial charge in [-0.25, -0.2) is 0 Å². The fourth-order valence-corrected chi connectivity index (χ4v) is 3.79. The Kier molecular flexibility index (Phi) is 11.7. The summed E-state index contributed by atoms with van der Waals surface area (Å²) in [5.41, 5.74) is 3.82. The van der Waals surface area contributed by atoms with E-state index in [1.807, 2.05) is 19.9 Å². The van der Waals surface area contributed by atoms with Crippen LogP contribution in [-0.2, 0) is 6.54 Å². The van der Waals surface area contributed by atoms with Crippen LogP contribution >= 0.6 is 0 Å². The monoisotopic (exact) mass is 417 g/mol. The summed E-state index contributed by atoms with van der Waals surface area (Å²) in [7, 11) is 0. The molecule has 1 heteroatoms. The van der Waals surface area contributed by atoms with Crippen molar-refractivity contribution in [3.63, 3.8) is 0 Å². The predicted octanol–water partition coefficient (Wildman–Crippen LogP) is 7.65. The molecular weight excluding hydrogens is 374 g/mol. The predicted molar refractivity (Wildman–Crippen MR) is 143 cm³/mol. The first-order valence-corrected chi connectivity index (χ1v) is 11.8. The lowest BCUT2D eigenvalue weighted by Gasteiger charge is -2.13. The van der Waals surface area contributed by atoms with Gasteiger partial charge in [-0.1, -0.05) is 121 Å². The van der Waals surface area contributed by atoms with Crippen LogP contribution in [0.4, 0.5) is 0 Å². The highest BCUT2D eigenvalue weighted by molar-refractivity contribution is 5.83. The van der Waals surface area contributed by atoms with Gasteiger partial charge >= 0.3 is 0 Å². The zero-order valence-corrected chi connectivity index (χ0v) is 20.8. The maximum atomic E-state index is 4.24. The minimum atomic E-state index is 0.689. The number of rotatable bonds is 7. The Bertz CT molecular complexity index is 991. The van der Waals surface area contributed by atoms with Crippen molar-refractivity contribution >= 4 is 30.0 Å². The normalized spacial score (nSPS) is 11.2. The van der Waals surface area contributed by atoms with Gasteiger partial charge in [-0.3, -0.25) is 0 Å². The molecule has 0 bridgehead atoms. The summed E-state index contributed by atoms with van der Waals surface area (Å²) in [5, 5.41) is 4.72. The Morgan fingerprint density at radius 2 is 1.52 bits per heavy atom. The molecule has 0 fully saturated rings. The van der Waals surface area contributed by atoms with E-state index in [2.05, 4.69) is 94.5 Å². The van der Waals surface area contributed by atoms with Crippen molar-refractivity contribution in [3.8, 4) is 0 Å². The van der Waals surface area contributed by atoms with E-state index in [0.717, 1.165) is 17.2 Å². The molecule has 2 aromatic carbocycles. The molecule has 1 nitrogen and oxygen atoms in total. The molecule has 3 aromatic rings. The average Bonchev–Trinajstić information content (AvgIpc) is 3.02. The number of unbranched alkanes of at least 4 members (excludes halogenated alkanes) is 2. The third-order valence-electron chi connectivity index (χ3n) is 5.65. The van der Waals surface area contributed by atoms with Crippen molar-refractivity contribution < 1.29 is 0 Å². The van der Waals surface area contributed by atoms with Crippen molar-refractivity contribution in [2.45, 2.75) is 73.8 Å². The highest BCUT2D eigenvalue weighted by Crippen LogP contribution is 2.12. The highest BCUT2D eigenvalue weighted by atomic mass is 15.0. The first kappa shape index (κ1) is 26.5. The van der Waals surface area contributed by atoms with Crippen molar-refractivity contribution in [1.29, 1.82) is 0 Å². The van der Waals surface area contributed by atoms with Crippen LogP contribution in [0, 0.1) is 19.8 Å². The van der Waals surface area contributed by atoms with E-state index in [-0.39, 0.29) is 0 Å². The molecule has 0 N–H and O–H groups in total. The van der Waals surface area contributed by atoms with E-state index in [1.165, 1.54) is 53.1 Å². The standard InChI is InChI=1S/C18H25N.C10H12.C2H6/c1-5-6-7-10-14(2)13-19-15(3)17-11-8-9-12-18(17)16(19)4;1-4-10-7-8(2)5-6-9(10)3;1-2/h8-9,11-12,14H,3-7,10,13H2,1-2H3;4-7H,1H2,2-3H3;1-2H3. The van der Waals surface area contributed by atoms with Crippen LogP contribution in [0.2, 0.25) is 0 Å². The van der Waals surface area contributed by atoms with E-state index in [9.17, 15) is 0 Å². The molecule has 0 spiro atoms. The van der Waals surface area contributed by atoms with Gasteiger partial charge < -0.3 is 4.57 Å². The summed E-state index contributed by atoms with van der Waals surface area (Å²) in [6.07, 6.45) is 7.15. The topological polar surface area (TPSA) is 4.93 Å². The second-order valence-electron chi connectivity index (χ2n) is 8.21. The van der Waals surface area contributed by atoms with Crippen LogP contribution in [0.5, 0.6) is 0 Å². The Labute approximate surface area is 190 Å². The fourth-order valence-electron chi connectivity index (χ4n) is 3.79. The van der Waals surface area contributed by atoms with E-state index >= 15 is 0 Å². The third kappa shape index (κ3) is 7.58. The maximum Gasteiger partial charge on any atom is 0.0418 e. The molecule has 1 unspecified atom stereocenters. The number of nitrogens with zero attached hydrogens (tertiary/aromatic N) is 1. The number of hydrogen-bond donors (Lipinski definition) is 0. The van der Waals surface area contributed by atoms with Crippen LogP contribution in [0.25, 0.3) is 30.0 Å². The summed E-state index contributed by atoms with van der Waals surface area (Å²) in [6.45, 7) is 26.0. The van der Waals surface area contributed by atoms with E-state index in [1.54, 1.807) is 0 Å². The summed E-state index contributed by atoms with van der Waals surface area (Å²) in [5.74, 6) is 0.689. The SMILES string of the molecule is C=Cc1cc(C)ccc1C.C=c1c2ccccc2c(=C)n1CC(C)CCCCC.CC. The number of hydrogen-bond acceptors (Lipinski definition) is 0. The molecule has 0 saturated heterocycles. The first-order chi connectivity index (χ1) is 14.9. The Balaban J connectivity index is 0.000000337. The van der Waals surface area contributed by atoms with Crippen LogP contribution in [0.1, 0.15) is 70.1 Å². The van der Waals surface area contributed by atoms with E-state index in [4.69, 9.17) is 0 Å². The Morgan fingerprint density at radius 1 is 0.935 bits per heavy atom. The Morgan fingerprint density at radius 3 is 2.00 bits per heavy atom. The van der Waals surface area contributed by atoms with Crippen molar-refractivity contribution in [1.82, 2.24) is 4.57 Å². The second kappa shape index (κ2) is 13.7. The van der Waals surface area contributed by atoms with Gasteiger partial charge in [0.2, 0.25) is 0 Å². The Hall–Kier alpha value is -2.54. The lowest BCUT2D eigenvalue weighted by atomic mass is 10.0. The minimum absolute atomic E-state index is 0.689. The molecule has 0 aliphatic rings. The molecule has 0 amide bonds. The first-order valence-electron chi connectivity index (χ1n) is 11.8. The van der Waals surface area contributed by atoms with Gasteiger partial charge in [0, 0.05) is 28.0 Å². The molecule has 168 valence electrons. The van der Waals surface area contributed by atoms with Crippen LogP contribution in [-0.4, -0.2) is 4.57 Å². The molecule has 0 aliphatic carbocycles. The number of benzene rings is 2. The zero-order chi connectivity index (χ0) is 23.4. The van der Waals surface area contributed by atoms with E-state index in [0.29, 0.717) is 5.92 Å². The molecule has 0 radical (unpaired) electrons. The quantitative estimate of drug-likeness (QED) is 0.348. The minimum Gasteiger partial charge on any atom is -0.341 e. The number of fused-ring (bicyclic) bond motifs is 1. The molecule has 31 heavy (non-hydrogen) atoms. The second-order valence-corrected chi connectivity index (χ2v) is 8.21. The van der Waals surface area contributed by atoms with Gasteiger partial charge in [-0.15, -0.1) is 0 Å². The smallest absolute Gasteiger partial charge is 0.0418 e. The lowest BCUT2D eigenvalue weighted by molar-refractivity contribution is 0.423. The van der Waals surface area contributed by atoms with Crippen molar-refractivity contribution in [2.75, 3.05) is 0 Å². The molecule has 1 aromatic heterocycles. The fraction of sp³-hybridized carbons (Fsp3) is 0.400. The summed E-state index contributed by atoms with van der Waals surface area (Å²) < 4.78 is 2.29. The number of aryl methyl sites for hydroxylation is 2. The van der Waals surface area contributed by atoms with Crippen molar-refractivity contribution in [3.05, 3.63) is 76.4 Å². The molecule has 3 rings (SSSR count). The molecule has 0 saturated carbocycles. The molecule has 0 aliphatic heterocycles. The van der Waals surface area contributed by atoms with Crippen LogP contribution in [0.3, 0.4) is 0 Å². The maximum absolute atomic E-state index is 4.24. The van der Waals surface area contributed by atoms with Gasteiger partial charge in [0.05, 0.1) is 0 Å². The van der Waals surface area contributed by atoms with Gasteiger partial charge in [-0.2, -0.15) is 0 Å². The van der Waals surface area contributed by atoms with Gasteiger partial charge in [-0.05, 0) is 37.3 Å². The summed E-state index contributed by atoms with van der Waals surface area (Å²) >= 11 is 0. The highest BCUT2D eigenvalue weighted by Gasteiger charge is 2.08. The summed E-state index contributed by atoms with van der Waals surface area (Å²) in [4.78, 5) is 0. The van der Waals surface area contributed by atoms with Gasteiger partial charge in [0.25, 0.3) is 0 Å². The largest absolute Gasteiger partial charge is 0.341 e. The van der Waals surface area contributed by atoms with Crippen LogP contribution in [0.15, 0.2) is 49.0 Å². The van der Waals surface area contributed by atoms with Crippen molar-refractivity contribution in [2.24, 2.45) is 5.92 Å².